The van der Waals surface area contributed by atoms with Crippen LogP contribution < -0.4 is 4.74 Å². The van der Waals surface area contributed by atoms with Crippen molar-refractivity contribution in [2.75, 3.05) is 46.5 Å². The van der Waals surface area contributed by atoms with Gasteiger partial charge in [-0.3, -0.25) is 14.5 Å². The number of hydrogen-bond donors (Lipinski definition) is 2. The SMILES string of the molecule is COc1ccc(C(O)=C2C(=O)C(=O)N(CCCN3CCOCC3)[C@@H]2c2ccc(Cl)cc2)c(O)c1. The maximum atomic E-state index is 13.1. The van der Waals surface area contributed by atoms with E-state index in [1.165, 1.54) is 24.1 Å². The van der Waals surface area contributed by atoms with E-state index in [0.29, 0.717) is 42.5 Å². The zero-order valence-electron chi connectivity index (χ0n) is 18.9. The highest BCUT2D eigenvalue weighted by Crippen LogP contribution is 2.41. The van der Waals surface area contributed by atoms with Gasteiger partial charge >= 0.3 is 0 Å². The summed E-state index contributed by atoms with van der Waals surface area (Å²) in [6.07, 6.45) is 0.658. The summed E-state index contributed by atoms with van der Waals surface area (Å²) in [7, 11) is 1.46. The first-order chi connectivity index (χ1) is 16.4. The molecule has 34 heavy (non-hydrogen) atoms. The fraction of sp³-hybridized carbons (Fsp3) is 0.360. The Morgan fingerprint density at radius 2 is 1.82 bits per heavy atom. The van der Waals surface area contributed by atoms with Gasteiger partial charge in [0.25, 0.3) is 11.7 Å². The van der Waals surface area contributed by atoms with Crippen molar-refractivity contribution >= 4 is 29.1 Å². The predicted octanol–water partition coefficient (Wildman–Crippen LogP) is 3.20. The van der Waals surface area contributed by atoms with Gasteiger partial charge in [-0.2, -0.15) is 0 Å². The van der Waals surface area contributed by atoms with Gasteiger partial charge < -0.3 is 24.6 Å². The molecule has 2 aromatic rings. The molecule has 2 N–H and O–H groups in total. The number of Topliss-reactive ketones (excluding diaryl/α,β-unsaturated/α-hetero) is 1. The molecule has 0 bridgehead atoms. The number of ether oxygens (including phenoxy) is 2. The third-order valence-electron chi connectivity index (χ3n) is 6.16. The van der Waals surface area contributed by atoms with Crippen LogP contribution >= 0.6 is 11.6 Å². The van der Waals surface area contributed by atoms with E-state index in [1.807, 2.05) is 0 Å². The molecule has 0 spiro atoms. The van der Waals surface area contributed by atoms with Crippen LogP contribution in [0.1, 0.15) is 23.6 Å². The number of morpholine rings is 1. The molecule has 1 amide bonds. The Hall–Kier alpha value is -3.07. The molecule has 0 radical (unpaired) electrons. The first kappa shape index (κ1) is 24.1. The van der Waals surface area contributed by atoms with Gasteiger partial charge in [-0.1, -0.05) is 23.7 Å². The van der Waals surface area contributed by atoms with Gasteiger partial charge in [-0.25, -0.2) is 0 Å². The Balaban J connectivity index is 1.69. The molecule has 1 atom stereocenters. The normalized spacial score (nSPS) is 20.6. The Bertz CT molecular complexity index is 1100. The highest BCUT2D eigenvalue weighted by molar-refractivity contribution is 6.46. The molecule has 2 aliphatic heterocycles. The van der Waals surface area contributed by atoms with Crippen LogP contribution in [0.2, 0.25) is 5.02 Å². The maximum absolute atomic E-state index is 13.1. The lowest BCUT2D eigenvalue weighted by Gasteiger charge is -2.29. The number of amides is 1. The van der Waals surface area contributed by atoms with Crippen molar-refractivity contribution in [1.29, 1.82) is 0 Å². The third kappa shape index (κ3) is 4.89. The molecular formula is C25H27ClN2O6. The van der Waals surface area contributed by atoms with Gasteiger partial charge in [0.2, 0.25) is 0 Å². The molecule has 9 heteroatoms. The van der Waals surface area contributed by atoms with Crippen molar-refractivity contribution < 1.29 is 29.3 Å². The second kappa shape index (κ2) is 10.5. The number of carbonyl (C=O) groups excluding carboxylic acids is 2. The summed E-state index contributed by atoms with van der Waals surface area (Å²) in [5.41, 5.74) is 0.620. The van der Waals surface area contributed by atoms with Crippen LogP contribution in [0.3, 0.4) is 0 Å². The number of aliphatic hydroxyl groups is 1. The van der Waals surface area contributed by atoms with E-state index >= 15 is 0 Å². The van der Waals surface area contributed by atoms with Gasteiger partial charge in [-0.15, -0.1) is 0 Å². The number of aliphatic hydroxyl groups excluding tert-OH is 1. The van der Waals surface area contributed by atoms with Crippen LogP contribution in [0.15, 0.2) is 48.0 Å². The standard InChI is InChI=1S/C25H27ClN2O6/c1-33-18-7-8-19(20(29)15-18)23(30)21-22(16-3-5-17(26)6-4-16)28(25(32)24(21)31)10-2-9-27-11-13-34-14-12-27/h3-8,15,22,29-30H,2,9-14H2,1H3/t22-/m1/s1. The lowest BCUT2D eigenvalue weighted by molar-refractivity contribution is -0.140. The number of hydrogen-bond acceptors (Lipinski definition) is 7. The lowest BCUT2D eigenvalue weighted by atomic mass is 9.95. The van der Waals surface area contributed by atoms with E-state index in [2.05, 4.69) is 4.90 Å². The number of benzene rings is 2. The summed E-state index contributed by atoms with van der Waals surface area (Å²) >= 11 is 6.06. The zero-order valence-corrected chi connectivity index (χ0v) is 19.6. The van der Waals surface area contributed by atoms with Crippen molar-refractivity contribution in [2.45, 2.75) is 12.5 Å². The number of carbonyl (C=O) groups is 2. The third-order valence-corrected chi connectivity index (χ3v) is 6.41. The van der Waals surface area contributed by atoms with Gasteiger partial charge in [0.15, 0.2) is 0 Å². The van der Waals surface area contributed by atoms with Crippen LogP contribution in [-0.2, 0) is 14.3 Å². The topological polar surface area (TPSA) is 99.5 Å². The van der Waals surface area contributed by atoms with E-state index in [1.54, 1.807) is 30.3 Å². The zero-order chi connectivity index (χ0) is 24.2. The van der Waals surface area contributed by atoms with Gasteiger partial charge in [0, 0.05) is 37.3 Å². The Morgan fingerprint density at radius 3 is 2.47 bits per heavy atom. The van der Waals surface area contributed by atoms with E-state index in [0.717, 1.165) is 19.6 Å². The summed E-state index contributed by atoms with van der Waals surface area (Å²) in [5.74, 6) is -1.78. The van der Waals surface area contributed by atoms with E-state index in [9.17, 15) is 19.8 Å². The molecule has 2 aliphatic rings. The number of ketones is 1. The smallest absolute Gasteiger partial charge is 0.295 e. The van der Waals surface area contributed by atoms with Crippen LogP contribution in [-0.4, -0.2) is 78.2 Å². The minimum absolute atomic E-state index is 0.0473. The minimum Gasteiger partial charge on any atom is -0.507 e. The highest BCUT2D eigenvalue weighted by Gasteiger charge is 2.46. The molecule has 4 rings (SSSR count). The van der Waals surface area contributed by atoms with Crippen molar-refractivity contribution in [2.24, 2.45) is 0 Å². The molecule has 180 valence electrons. The Kier molecular flexibility index (Phi) is 7.41. The highest BCUT2D eigenvalue weighted by atomic mass is 35.5. The van der Waals surface area contributed by atoms with Crippen LogP contribution in [0.5, 0.6) is 11.5 Å². The number of likely N-dealkylation sites (tertiary alicyclic amines) is 1. The van der Waals surface area contributed by atoms with Gasteiger partial charge in [0.05, 0.1) is 37.5 Å². The Morgan fingerprint density at radius 1 is 1.12 bits per heavy atom. The molecular weight excluding hydrogens is 460 g/mol. The summed E-state index contributed by atoms with van der Waals surface area (Å²) in [4.78, 5) is 29.9. The second-order valence-corrected chi connectivity index (χ2v) is 8.67. The number of nitrogens with zero attached hydrogens (tertiary/aromatic N) is 2. The molecule has 2 heterocycles. The molecule has 2 fully saturated rings. The molecule has 0 saturated carbocycles. The largest absolute Gasteiger partial charge is 0.507 e. The Labute approximate surface area is 202 Å². The summed E-state index contributed by atoms with van der Waals surface area (Å²) in [6.45, 7) is 4.12. The van der Waals surface area contributed by atoms with E-state index in [4.69, 9.17) is 21.1 Å². The summed E-state index contributed by atoms with van der Waals surface area (Å²) in [5, 5.41) is 22.1. The molecule has 0 unspecified atom stereocenters. The molecule has 8 nitrogen and oxygen atoms in total. The summed E-state index contributed by atoms with van der Waals surface area (Å²) < 4.78 is 10.5. The molecule has 0 aromatic heterocycles. The molecule has 0 aliphatic carbocycles. The average Bonchev–Trinajstić information content (AvgIpc) is 3.09. The number of phenolic OH excluding ortho intramolecular Hbond substituents is 1. The van der Waals surface area contributed by atoms with Gasteiger partial charge in [-0.05, 0) is 36.2 Å². The monoisotopic (exact) mass is 486 g/mol. The average molecular weight is 487 g/mol. The number of phenols is 1. The van der Waals surface area contributed by atoms with E-state index < -0.39 is 23.5 Å². The predicted molar refractivity (Wildman–Crippen MR) is 127 cm³/mol. The first-order valence-electron chi connectivity index (χ1n) is 11.1. The van der Waals surface area contributed by atoms with Crippen LogP contribution in [0, 0.1) is 0 Å². The van der Waals surface area contributed by atoms with Crippen molar-refractivity contribution in [1.82, 2.24) is 9.80 Å². The summed E-state index contributed by atoms with van der Waals surface area (Å²) in [6, 6.07) is 10.4. The molecule has 2 aromatic carbocycles. The van der Waals surface area contributed by atoms with Crippen LogP contribution in [0.4, 0.5) is 0 Å². The fourth-order valence-electron chi connectivity index (χ4n) is 4.38. The van der Waals surface area contributed by atoms with Crippen LogP contribution in [0.25, 0.3) is 5.76 Å². The van der Waals surface area contributed by atoms with E-state index in [-0.39, 0.29) is 16.9 Å². The maximum Gasteiger partial charge on any atom is 0.295 e. The van der Waals surface area contributed by atoms with Crippen molar-refractivity contribution in [3.8, 4) is 11.5 Å². The lowest BCUT2D eigenvalue weighted by Crippen LogP contribution is -2.38. The number of methoxy groups -OCH3 is 1. The van der Waals surface area contributed by atoms with Crippen molar-refractivity contribution in [3.63, 3.8) is 0 Å². The second-order valence-electron chi connectivity index (χ2n) is 8.23. The quantitative estimate of drug-likeness (QED) is 0.352. The minimum atomic E-state index is -0.802. The number of aromatic hydroxyl groups is 1. The fourth-order valence-corrected chi connectivity index (χ4v) is 4.50. The molecule has 2 saturated heterocycles. The van der Waals surface area contributed by atoms with Crippen molar-refractivity contribution in [3.05, 3.63) is 64.2 Å². The number of halogens is 1. The number of rotatable bonds is 7. The van der Waals surface area contributed by atoms with Gasteiger partial charge in [0.1, 0.15) is 17.3 Å². The first-order valence-corrected chi connectivity index (χ1v) is 11.5.